The lowest BCUT2D eigenvalue weighted by Gasteiger charge is -2.10. The van der Waals surface area contributed by atoms with Crippen LogP contribution in [0.3, 0.4) is 0 Å². The predicted molar refractivity (Wildman–Crippen MR) is 124 cm³/mol. The molecule has 0 bridgehead atoms. The number of allylic oxidation sites excluding steroid dienone is 12. The third-order valence-electron chi connectivity index (χ3n) is 4.10. The van der Waals surface area contributed by atoms with Crippen molar-refractivity contribution in [3.05, 3.63) is 72.9 Å². The van der Waals surface area contributed by atoms with E-state index < -0.39 is 10.4 Å². The second-order valence-electron chi connectivity index (χ2n) is 6.64. The Morgan fingerprint density at radius 2 is 1.07 bits per heavy atom. The Balaban J connectivity index is 3.75. The van der Waals surface area contributed by atoms with E-state index in [1.165, 1.54) is 0 Å². The predicted octanol–water partition coefficient (Wildman–Crippen LogP) is 6.92. The van der Waals surface area contributed by atoms with Gasteiger partial charge in [0.25, 0.3) is 0 Å². The van der Waals surface area contributed by atoms with Gasteiger partial charge in [0.1, 0.15) is 0 Å². The van der Waals surface area contributed by atoms with Gasteiger partial charge < -0.3 is 0 Å². The zero-order valence-corrected chi connectivity index (χ0v) is 18.8. The Kier molecular flexibility index (Phi) is 18.5. The van der Waals surface area contributed by atoms with E-state index >= 15 is 0 Å². The van der Waals surface area contributed by atoms with Crippen LogP contribution in [0.5, 0.6) is 0 Å². The Morgan fingerprint density at radius 1 is 0.690 bits per heavy atom. The Morgan fingerprint density at radius 3 is 1.41 bits per heavy atom. The van der Waals surface area contributed by atoms with Gasteiger partial charge in [-0.05, 0) is 50.9 Å². The summed E-state index contributed by atoms with van der Waals surface area (Å²) in [5.74, 6) is 0.0847. The van der Waals surface area contributed by atoms with Crippen LogP contribution in [-0.4, -0.2) is 19.6 Å². The summed E-state index contributed by atoms with van der Waals surface area (Å²) in [7, 11) is -4.34. The Labute approximate surface area is 178 Å². The lowest BCUT2D eigenvalue weighted by Crippen LogP contribution is -2.12. The summed E-state index contributed by atoms with van der Waals surface area (Å²) in [5.41, 5.74) is 0. The molecule has 0 aromatic heterocycles. The van der Waals surface area contributed by atoms with Crippen molar-refractivity contribution >= 4 is 10.4 Å². The highest BCUT2D eigenvalue weighted by Gasteiger charge is 2.10. The SMILES string of the molecule is CC/C=C\C/C=C\C/C=C\C/C=C\C/C=C\C/C=C\CC(CC)COS(=O)(=O)O. The highest BCUT2D eigenvalue weighted by atomic mass is 32.3. The lowest BCUT2D eigenvalue weighted by molar-refractivity contribution is 0.220. The fourth-order valence-corrected chi connectivity index (χ4v) is 2.71. The molecule has 0 saturated carbocycles. The van der Waals surface area contributed by atoms with Gasteiger partial charge in [0.2, 0.25) is 0 Å². The monoisotopic (exact) mass is 422 g/mol. The van der Waals surface area contributed by atoms with Crippen molar-refractivity contribution in [2.45, 2.75) is 65.2 Å². The summed E-state index contributed by atoms with van der Waals surface area (Å²) in [6.45, 7) is 4.13. The van der Waals surface area contributed by atoms with E-state index in [4.69, 9.17) is 4.55 Å². The molecule has 0 aliphatic rings. The van der Waals surface area contributed by atoms with Crippen LogP contribution in [-0.2, 0) is 14.6 Å². The van der Waals surface area contributed by atoms with Crippen molar-refractivity contribution in [1.82, 2.24) is 0 Å². The molecule has 0 aliphatic carbocycles. The van der Waals surface area contributed by atoms with Gasteiger partial charge in [-0.25, -0.2) is 4.18 Å². The zero-order chi connectivity index (χ0) is 21.6. The average molecular weight is 423 g/mol. The summed E-state index contributed by atoms with van der Waals surface area (Å²) in [4.78, 5) is 0. The summed E-state index contributed by atoms with van der Waals surface area (Å²) >= 11 is 0. The first-order chi connectivity index (χ1) is 14.0. The van der Waals surface area contributed by atoms with Gasteiger partial charge in [-0.15, -0.1) is 0 Å². The molecule has 0 fully saturated rings. The molecule has 0 amide bonds. The summed E-state index contributed by atoms with van der Waals surface area (Å²) in [5, 5.41) is 0. The minimum atomic E-state index is -4.34. The molecule has 1 unspecified atom stereocenters. The van der Waals surface area contributed by atoms with Crippen molar-refractivity contribution in [1.29, 1.82) is 0 Å². The standard InChI is InChI=1S/C24H38O4S/c1-3-5-6-7-8-9-10-11-12-13-14-15-16-17-18-19-20-21-22-24(4-2)23-28-29(25,26)27/h5-6,8-9,11-12,14-15,17-18,20-21,24H,3-4,7,10,13,16,19,22-23H2,1-2H3,(H,25,26,27)/b6-5-,9-8-,12-11-,15-14-,18-17-,21-20-. The summed E-state index contributed by atoms with van der Waals surface area (Å²) in [6, 6.07) is 0. The molecule has 0 radical (unpaired) electrons. The van der Waals surface area contributed by atoms with Crippen LogP contribution in [0.1, 0.15) is 65.2 Å². The maximum atomic E-state index is 10.6. The van der Waals surface area contributed by atoms with E-state index in [0.29, 0.717) is 0 Å². The zero-order valence-electron chi connectivity index (χ0n) is 17.9. The second kappa shape index (κ2) is 19.6. The number of rotatable bonds is 17. The smallest absolute Gasteiger partial charge is 0.264 e. The van der Waals surface area contributed by atoms with Crippen LogP contribution >= 0.6 is 0 Å². The van der Waals surface area contributed by atoms with E-state index in [-0.39, 0.29) is 12.5 Å². The third-order valence-corrected chi connectivity index (χ3v) is 4.53. The Bertz CT molecular complexity index is 652. The van der Waals surface area contributed by atoms with Crippen LogP contribution in [0.15, 0.2) is 72.9 Å². The van der Waals surface area contributed by atoms with E-state index in [1.807, 2.05) is 13.0 Å². The first kappa shape index (κ1) is 27.3. The topological polar surface area (TPSA) is 63.6 Å². The average Bonchev–Trinajstić information content (AvgIpc) is 2.68. The van der Waals surface area contributed by atoms with Gasteiger partial charge >= 0.3 is 10.4 Å². The molecule has 5 heteroatoms. The van der Waals surface area contributed by atoms with Gasteiger partial charge in [-0.2, -0.15) is 8.42 Å². The molecule has 0 aromatic carbocycles. The normalized spacial score (nSPS) is 14.7. The maximum absolute atomic E-state index is 10.6. The van der Waals surface area contributed by atoms with Gasteiger partial charge in [0.05, 0.1) is 6.61 Å². The Hall–Kier alpha value is -1.69. The molecule has 0 spiro atoms. The van der Waals surface area contributed by atoms with E-state index in [1.54, 1.807) is 0 Å². The molecule has 0 aromatic rings. The summed E-state index contributed by atoms with van der Waals surface area (Å²) < 4.78 is 34.2. The molecular formula is C24H38O4S. The molecule has 0 rings (SSSR count). The minimum Gasteiger partial charge on any atom is -0.264 e. The van der Waals surface area contributed by atoms with Crippen molar-refractivity contribution in [3.8, 4) is 0 Å². The third kappa shape index (κ3) is 22.5. The van der Waals surface area contributed by atoms with Crippen LogP contribution in [0.2, 0.25) is 0 Å². The van der Waals surface area contributed by atoms with Crippen molar-refractivity contribution in [2.24, 2.45) is 5.92 Å². The first-order valence-electron chi connectivity index (χ1n) is 10.5. The second-order valence-corrected chi connectivity index (χ2v) is 7.73. The van der Waals surface area contributed by atoms with Crippen LogP contribution in [0.4, 0.5) is 0 Å². The van der Waals surface area contributed by atoms with Crippen LogP contribution < -0.4 is 0 Å². The number of hydrogen-bond donors (Lipinski definition) is 1. The van der Waals surface area contributed by atoms with Gasteiger partial charge in [0, 0.05) is 0 Å². The van der Waals surface area contributed by atoms with E-state index in [9.17, 15) is 8.42 Å². The largest absolute Gasteiger partial charge is 0.397 e. The minimum absolute atomic E-state index is 0.0152. The van der Waals surface area contributed by atoms with Crippen molar-refractivity contribution in [3.63, 3.8) is 0 Å². The van der Waals surface area contributed by atoms with Crippen LogP contribution in [0.25, 0.3) is 0 Å². The van der Waals surface area contributed by atoms with Gasteiger partial charge in [-0.3, -0.25) is 4.55 Å². The fourth-order valence-electron chi connectivity index (χ4n) is 2.35. The van der Waals surface area contributed by atoms with Crippen molar-refractivity contribution < 1.29 is 17.2 Å². The molecule has 0 heterocycles. The van der Waals surface area contributed by atoms with E-state index in [2.05, 4.69) is 77.9 Å². The molecule has 0 saturated heterocycles. The van der Waals surface area contributed by atoms with Crippen molar-refractivity contribution in [2.75, 3.05) is 6.61 Å². The highest BCUT2D eigenvalue weighted by molar-refractivity contribution is 7.80. The molecule has 1 N–H and O–H groups in total. The highest BCUT2D eigenvalue weighted by Crippen LogP contribution is 2.11. The molecule has 164 valence electrons. The van der Waals surface area contributed by atoms with Gasteiger partial charge in [0.15, 0.2) is 0 Å². The molecular weight excluding hydrogens is 384 g/mol. The van der Waals surface area contributed by atoms with E-state index in [0.717, 1.165) is 51.4 Å². The molecule has 4 nitrogen and oxygen atoms in total. The quantitative estimate of drug-likeness (QED) is 0.204. The molecule has 1 atom stereocenters. The van der Waals surface area contributed by atoms with Crippen LogP contribution in [0, 0.1) is 5.92 Å². The molecule has 29 heavy (non-hydrogen) atoms. The van der Waals surface area contributed by atoms with Gasteiger partial charge in [-0.1, -0.05) is 93.2 Å². The maximum Gasteiger partial charge on any atom is 0.397 e. The first-order valence-corrected chi connectivity index (χ1v) is 11.9. The number of hydrogen-bond acceptors (Lipinski definition) is 3. The fraction of sp³-hybridized carbons (Fsp3) is 0.500. The lowest BCUT2D eigenvalue weighted by atomic mass is 10.0. The summed E-state index contributed by atoms with van der Waals surface area (Å²) in [6.07, 6.45) is 33.2. The molecule has 0 aliphatic heterocycles.